The molecule has 2 aliphatic rings. The highest BCUT2D eigenvalue weighted by molar-refractivity contribution is 5.93. The molecule has 1 aromatic carbocycles. The third-order valence-electron chi connectivity index (χ3n) is 6.63. The molecule has 0 saturated carbocycles. The minimum absolute atomic E-state index is 0.230. The lowest BCUT2D eigenvalue weighted by molar-refractivity contribution is -0.137. The molecule has 1 saturated heterocycles. The van der Waals surface area contributed by atoms with Crippen LogP contribution in [0.1, 0.15) is 52.7 Å². The van der Waals surface area contributed by atoms with Gasteiger partial charge in [0.05, 0.1) is 29.8 Å². The number of hydrogen-bond donors (Lipinski definition) is 1. The predicted octanol–water partition coefficient (Wildman–Crippen LogP) is 3.83. The summed E-state index contributed by atoms with van der Waals surface area (Å²) in [6.07, 6.45) is 0.731. The zero-order chi connectivity index (χ0) is 27.4. The maximum absolute atomic E-state index is 13.2. The fraction of sp³-hybridized carbons (Fsp3) is 0.385. The van der Waals surface area contributed by atoms with Crippen molar-refractivity contribution < 1.29 is 32.6 Å². The van der Waals surface area contributed by atoms with Gasteiger partial charge >= 0.3 is 6.18 Å². The van der Waals surface area contributed by atoms with Gasteiger partial charge in [-0.3, -0.25) is 14.4 Å². The summed E-state index contributed by atoms with van der Waals surface area (Å²) < 4.78 is 47.9. The van der Waals surface area contributed by atoms with E-state index in [0.717, 1.165) is 30.7 Å². The zero-order valence-corrected chi connectivity index (χ0v) is 20.6. The van der Waals surface area contributed by atoms with Crippen LogP contribution in [-0.4, -0.2) is 55.7 Å². The summed E-state index contributed by atoms with van der Waals surface area (Å²) in [5.41, 5.74) is 1.32. The van der Waals surface area contributed by atoms with Gasteiger partial charge in [0.25, 0.3) is 17.9 Å². The van der Waals surface area contributed by atoms with Crippen LogP contribution in [0.5, 0.6) is 0 Å². The molecule has 3 aromatic rings. The van der Waals surface area contributed by atoms with Gasteiger partial charge in [-0.05, 0) is 56.0 Å². The van der Waals surface area contributed by atoms with E-state index < -0.39 is 11.7 Å². The van der Waals surface area contributed by atoms with Crippen LogP contribution < -0.4 is 5.56 Å². The van der Waals surface area contributed by atoms with E-state index in [0.29, 0.717) is 43.0 Å². The Labute approximate surface area is 216 Å². The Bertz CT molecular complexity index is 1350. The van der Waals surface area contributed by atoms with Gasteiger partial charge in [0.2, 0.25) is 0 Å². The van der Waals surface area contributed by atoms with Crippen molar-refractivity contribution in [2.75, 3.05) is 13.1 Å². The van der Waals surface area contributed by atoms with Gasteiger partial charge in [-0.25, -0.2) is 4.98 Å². The predicted molar refractivity (Wildman–Crippen MR) is 130 cm³/mol. The molecule has 4 heterocycles. The molecular weight excluding hydrogens is 505 g/mol. The first-order valence-electron chi connectivity index (χ1n) is 12.1. The fourth-order valence-corrected chi connectivity index (χ4v) is 4.79. The topological polar surface area (TPSA) is 107 Å². The Morgan fingerprint density at radius 2 is 1.82 bits per heavy atom. The van der Waals surface area contributed by atoms with Gasteiger partial charge < -0.3 is 23.9 Å². The summed E-state index contributed by atoms with van der Waals surface area (Å²) in [6.45, 7) is 2.70. The fourth-order valence-electron chi connectivity index (χ4n) is 4.79. The number of rotatable bonds is 4. The number of carbonyl (C=O) groups excluding carboxylic acids is 1. The van der Waals surface area contributed by atoms with E-state index in [1.165, 1.54) is 16.7 Å². The van der Waals surface area contributed by atoms with E-state index >= 15 is 0 Å². The highest BCUT2D eigenvalue weighted by Crippen LogP contribution is 2.34. The lowest BCUT2D eigenvalue weighted by atomic mass is 9.97. The molecule has 2 aromatic heterocycles. The molecule has 1 fully saturated rings. The number of ether oxygens (including phenoxy) is 1. The Balaban J connectivity index is 0.00000107. The van der Waals surface area contributed by atoms with Gasteiger partial charge in [-0.1, -0.05) is 12.1 Å². The summed E-state index contributed by atoms with van der Waals surface area (Å²) in [5, 5.41) is 6.89. The average Bonchev–Trinajstić information content (AvgIpc) is 3.32. The molecule has 0 bridgehead atoms. The van der Waals surface area contributed by atoms with Gasteiger partial charge in [-0.15, -0.1) is 0 Å². The maximum atomic E-state index is 13.2. The Kier molecular flexibility index (Phi) is 8.00. The summed E-state index contributed by atoms with van der Waals surface area (Å²) >= 11 is 0. The maximum Gasteiger partial charge on any atom is 0.416 e. The van der Waals surface area contributed by atoms with Crippen molar-refractivity contribution in [1.29, 1.82) is 0 Å². The third kappa shape index (κ3) is 5.80. The number of pyridine rings is 1. The smallest absolute Gasteiger partial charge is 0.416 e. The van der Waals surface area contributed by atoms with Gasteiger partial charge in [-0.2, -0.15) is 13.2 Å². The number of aryl methyl sites for hydroxylation is 1. The molecular formula is C26H27F3N4O5. The van der Waals surface area contributed by atoms with Crippen LogP contribution in [0.25, 0.3) is 5.69 Å². The minimum Gasteiger partial charge on any atom is -0.483 e. The van der Waals surface area contributed by atoms with Gasteiger partial charge in [0.15, 0.2) is 0 Å². The number of nitrogens with zero attached hydrogens (tertiary/aromatic N) is 4. The monoisotopic (exact) mass is 532 g/mol. The highest BCUT2D eigenvalue weighted by Gasteiger charge is 2.33. The van der Waals surface area contributed by atoms with Crippen molar-refractivity contribution in [2.45, 2.75) is 51.1 Å². The van der Waals surface area contributed by atoms with E-state index in [2.05, 4.69) is 4.98 Å². The molecule has 2 aliphatic heterocycles. The van der Waals surface area contributed by atoms with Crippen LogP contribution in [0.3, 0.4) is 0 Å². The summed E-state index contributed by atoms with van der Waals surface area (Å²) in [7, 11) is 0. The first kappa shape index (κ1) is 27.1. The molecule has 9 nitrogen and oxygen atoms in total. The molecule has 1 amide bonds. The first-order valence-corrected chi connectivity index (χ1v) is 12.1. The number of carboxylic acid groups (broad SMARTS) is 1. The van der Waals surface area contributed by atoms with E-state index in [9.17, 15) is 22.8 Å². The number of imidazole rings is 1. The molecule has 1 N–H and O–H groups in total. The van der Waals surface area contributed by atoms with Crippen LogP contribution in [0.15, 0.2) is 53.7 Å². The number of amides is 1. The largest absolute Gasteiger partial charge is 0.483 e. The molecule has 5 rings (SSSR count). The van der Waals surface area contributed by atoms with Gasteiger partial charge in [0.1, 0.15) is 11.4 Å². The average molecular weight is 533 g/mol. The van der Waals surface area contributed by atoms with Crippen molar-refractivity contribution in [2.24, 2.45) is 0 Å². The van der Waals surface area contributed by atoms with Crippen molar-refractivity contribution in [3.63, 3.8) is 0 Å². The van der Waals surface area contributed by atoms with Crippen LogP contribution in [0, 0.1) is 6.92 Å². The first-order chi connectivity index (χ1) is 18.1. The van der Waals surface area contributed by atoms with Crippen molar-refractivity contribution >= 4 is 12.4 Å². The van der Waals surface area contributed by atoms with E-state index in [-0.39, 0.29) is 30.1 Å². The Hall–Kier alpha value is -3.93. The van der Waals surface area contributed by atoms with Crippen LogP contribution in [-0.2, 0) is 22.3 Å². The van der Waals surface area contributed by atoms with Crippen molar-refractivity contribution in [3.8, 4) is 5.69 Å². The highest BCUT2D eigenvalue weighted by atomic mass is 19.4. The molecule has 0 spiro atoms. The van der Waals surface area contributed by atoms with Crippen LogP contribution in [0.4, 0.5) is 13.2 Å². The molecule has 0 radical (unpaired) electrons. The van der Waals surface area contributed by atoms with E-state index in [1.54, 1.807) is 34.1 Å². The second-order valence-electron chi connectivity index (χ2n) is 9.14. The van der Waals surface area contributed by atoms with Crippen molar-refractivity contribution in [1.82, 2.24) is 19.0 Å². The molecule has 38 heavy (non-hydrogen) atoms. The zero-order valence-electron chi connectivity index (χ0n) is 20.6. The number of halogens is 3. The van der Waals surface area contributed by atoms with Crippen LogP contribution in [0.2, 0.25) is 0 Å². The second kappa shape index (κ2) is 11.2. The van der Waals surface area contributed by atoms with Crippen LogP contribution >= 0.6 is 0 Å². The Morgan fingerprint density at radius 3 is 2.45 bits per heavy atom. The number of fused-ring (bicyclic) bond motifs is 1. The third-order valence-corrected chi connectivity index (χ3v) is 6.63. The van der Waals surface area contributed by atoms with E-state index in [4.69, 9.17) is 14.6 Å². The SMILES string of the molecule is Cc1cn(-c2ccc3n(c2=O)CCN(C[C@@H]2CCC[C@H](c4ccc(C(F)(F)F)cc4)O2)C3=O)cn1.O=CO. The number of hydrogen-bond acceptors (Lipinski definition) is 5. The molecule has 2 atom stereocenters. The van der Waals surface area contributed by atoms with E-state index in [1.807, 2.05) is 6.92 Å². The number of benzene rings is 1. The summed E-state index contributed by atoms with van der Waals surface area (Å²) in [6, 6.07) is 8.37. The standard InChI is InChI=1S/C25H25F3N4O3.CH2O2/c1-16-13-31(15-29-16)20-9-10-21-23(33)30(11-12-32(21)24(20)34)14-19-3-2-4-22(35-19)17-5-7-18(8-6-17)25(26,27)28;2-1-3/h5-10,13,15,19,22H,2-4,11-12,14H2,1H3;1H,(H,2,3)/t19-,22+;/m0./s1. The summed E-state index contributed by atoms with van der Waals surface area (Å²) in [4.78, 5) is 40.4. The molecule has 202 valence electrons. The number of aromatic nitrogens is 3. The normalized spacial score (nSPS) is 19.4. The quantitative estimate of drug-likeness (QED) is 0.512. The second-order valence-corrected chi connectivity index (χ2v) is 9.14. The molecule has 12 heteroatoms. The van der Waals surface area contributed by atoms with Gasteiger partial charge in [0, 0.05) is 25.8 Å². The Morgan fingerprint density at radius 1 is 1.11 bits per heavy atom. The number of carbonyl (C=O) groups is 2. The lowest BCUT2D eigenvalue weighted by Gasteiger charge is -2.36. The molecule has 0 unspecified atom stereocenters. The molecule has 0 aliphatic carbocycles. The summed E-state index contributed by atoms with van der Waals surface area (Å²) in [5.74, 6) is -0.234. The van der Waals surface area contributed by atoms with Crippen molar-refractivity contribution in [3.05, 3.63) is 81.8 Å². The lowest BCUT2D eigenvalue weighted by Crippen LogP contribution is -2.48. The minimum atomic E-state index is -4.38. The number of alkyl halides is 3.